The van der Waals surface area contributed by atoms with E-state index in [9.17, 15) is 9.18 Å². The molecule has 2 fully saturated rings. The van der Waals surface area contributed by atoms with Gasteiger partial charge in [-0.25, -0.2) is 4.39 Å². The highest BCUT2D eigenvalue weighted by molar-refractivity contribution is 5.76. The smallest absolute Gasteiger partial charge is 0.222 e. The summed E-state index contributed by atoms with van der Waals surface area (Å²) in [5.41, 5.74) is 0.545. The number of carbonyl (C=O) groups is 1. The van der Waals surface area contributed by atoms with Crippen LogP contribution in [-0.2, 0) is 9.53 Å². The highest BCUT2D eigenvalue weighted by atomic mass is 19.1. The molecule has 126 valence electrons. The third-order valence-corrected chi connectivity index (χ3v) is 4.90. The summed E-state index contributed by atoms with van der Waals surface area (Å²) in [6.07, 6.45) is 3.52. The Morgan fingerprint density at radius 1 is 1.30 bits per heavy atom. The average molecular weight is 320 g/mol. The van der Waals surface area contributed by atoms with Crippen LogP contribution in [0.3, 0.4) is 0 Å². The van der Waals surface area contributed by atoms with Crippen molar-refractivity contribution < 1.29 is 13.9 Å². The van der Waals surface area contributed by atoms with Crippen molar-refractivity contribution >= 4 is 5.91 Å². The quantitative estimate of drug-likeness (QED) is 0.927. The molecule has 1 aromatic carbocycles. The summed E-state index contributed by atoms with van der Waals surface area (Å²) >= 11 is 0. The van der Waals surface area contributed by atoms with E-state index in [0.717, 1.165) is 32.4 Å². The second-order valence-electron chi connectivity index (χ2n) is 6.45. The molecule has 1 atom stereocenters. The maximum atomic E-state index is 13.9. The summed E-state index contributed by atoms with van der Waals surface area (Å²) in [7, 11) is 0. The van der Waals surface area contributed by atoms with Gasteiger partial charge >= 0.3 is 0 Å². The largest absolute Gasteiger partial charge is 0.370 e. The first kappa shape index (κ1) is 16.4. The number of nitrogens with one attached hydrogen (secondary N) is 1. The summed E-state index contributed by atoms with van der Waals surface area (Å²) in [4.78, 5) is 14.3. The number of hydrogen-bond donors (Lipinski definition) is 1. The van der Waals surface area contributed by atoms with Gasteiger partial charge in [0.1, 0.15) is 11.9 Å². The number of benzene rings is 1. The molecular weight excluding hydrogens is 295 g/mol. The number of amides is 1. The first-order valence-corrected chi connectivity index (χ1v) is 8.58. The first-order chi connectivity index (χ1) is 11.2. The Balaban J connectivity index is 1.53. The molecule has 23 heavy (non-hydrogen) atoms. The summed E-state index contributed by atoms with van der Waals surface area (Å²) < 4.78 is 19.6. The van der Waals surface area contributed by atoms with Crippen LogP contribution in [0.1, 0.15) is 37.4 Å². The molecule has 5 heteroatoms. The fraction of sp³-hybridized carbons (Fsp3) is 0.611. The second-order valence-corrected chi connectivity index (χ2v) is 6.45. The molecule has 0 bridgehead atoms. The van der Waals surface area contributed by atoms with Crippen LogP contribution in [0.4, 0.5) is 4.39 Å². The van der Waals surface area contributed by atoms with Gasteiger partial charge in [-0.3, -0.25) is 4.79 Å². The van der Waals surface area contributed by atoms with Gasteiger partial charge in [0.15, 0.2) is 0 Å². The molecule has 2 saturated heterocycles. The molecule has 2 aliphatic rings. The van der Waals surface area contributed by atoms with Gasteiger partial charge in [-0.15, -0.1) is 0 Å². The summed E-state index contributed by atoms with van der Waals surface area (Å²) in [5, 5.41) is 3.35. The normalized spacial score (nSPS) is 23.0. The minimum atomic E-state index is -0.354. The summed E-state index contributed by atoms with van der Waals surface area (Å²) in [5.74, 6) is 0.568. The molecule has 0 radical (unpaired) electrons. The molecule has 1 unspecified atom stereocenters. The van der Waals surface area contributed by atoms with Gasteiger partial charge in [0.05, 0.1) is 13.2 Å². The van der Waals surface area contributed by atoms with E-state index >= 15 is 0 Å². The maximum Gasteiger partial charge on any atom is 0.222 e. The van der Waals surface area contributed by atoms with Gasteiger partial charge in [-0.2, -0.15) is 0 Å². The van der Waals surface area contributed by atoms with Crippen molar-refractivity contribution in [3.05, 3.63) is 35.6 Å². The zero-order valence-corrected chi connectivity index (χ0v) is 13.5. The predicted molar refractivity (Wildman–Crippen MR) is 86.5 cm³/mol. The SMILES string of the molecule is O=C(CCC1CCNCC1)N1CCOC(c2ccccc2F)C1. The molecule has 0 saturated carbocycles. The second kappa shape index (κ2) is 7.88. The van der Waals surface area contributed by atoms with Crippen LogP contribution in [-0.4, -0.2) is 43.6 Å². The van der Waals surface area contributed by atoms with Gasteiger partial charge in [0.25, 0.3) is 0 Å². The van der Waals surface area contributed by atoms with E-state index in [0.29, 0.717) is 37.6 Å². The molecule has 0 spiro atoms. The fourth-order valence-corrected chi connectivity index (χ4v) is 3.46. The number of piperidine rings is 1. The zero-order chi connectivity index (χ0) is 16.1. The number of halogens is 1. The predicted octanol–water partition coefficient (Wildman–Crippen LogP) is 2.51. The number of carbonyl (C=O) groups excluding carboxylic acids is 1. The van der Waals surface area contributed by atoms with Crippen molar-refractivity contribution in [2.24, 2.45) is 5.92 Å². The van der Waals surface area contributed by atoms with Crippen molar-refractivity contribution in [2.75, 3.05) is 32.8 Å². The lowest BCUT2D eigenvalue weighted by Crippen LogP contribution is -2.42. The summed E-state index contributed by atoms with van der Waals surface area (Å²) in [6, 6.07) is 6.66. The molecule has 2 heterocycles. The van der Waals surface area contributed by atoms with E-state index in [2.05, 4.69) is 5.32 Å². The molecule has 0 aliphatic carbocycles. The van der Waals surface area contributed by atoms with Crippen LogP contribution in [0.5, 0.6) is 0 Å². The van der Waals surface area contributed by atoms with Gasteiger partial charge in [-0.05, 0) is 44.3 Å². The molecule has 4 nitrogen and oxygen atoms in total. The van der Waals surface area contributed by atoms with Gasteiger partial charge < -0.3 is 15.0 Å². The topological polar surface area (TPSA) is 41.6 Å². The van der Waals surface area contributed by atoms with Crippen molar-refractivity contribution in [2.45, 2.75) is 31.8 Å². The number of morpholine rings is 1. The number of nitrogens with zero attached hydrogens (tertiary/aromatic N) is 1. The van der Waals surface area contributed by atoms with E-state index in [4.69, 9.17) is 4.74 Å². The molecule has 1 N–H and O–H groups in total. The van der Waals surface area contributed by atoms with Crippen LogP contribution in [0.2, 0.25) is 0 Å². The average Bonchev–Trinajstić information content (AvgIpc) is 2.61. The molecule has 1 amide bonds. The minimum absolute atomic E-state index is 0.174. The van der Waals surface area contributed by atoms with Crippen LogP contribution >= 0.6 is 0 Å². The Kier molecular flexibility index (Phi) is 5.62. The van der Waals surface area contributed by atoms with E-state index < -0.39 is 0 Å². The van der Waals surface area contributed by atoms with Gasteiger partial charge in [0, 0.05) is 18.5 Å². The number of rotatable bonds is 4. The highest BCUT2D eigenvalue weighted by Crippen LogP contribution is 2.25. The van der Waals surface area contributed by atoms with Crippen LogP contribution in [0.25, 0.3) is 0 Å². The van der Waals surface area contributed by atoms with E-state index in [1.165, 1.54) is 6.07 Å². The van der Waals surface area contributed by atoms with Crippen LogP contribution in [0.15, 0.2) is 24.3 Å². The Labute approximate surface area is 137 Å². The fourth-order valence-electron chi connectivity index (χ4n) is 3.46. The maximum absolute atomic E-state index is 13.9. The lowest BCUT2D eigenvalue weighted by atomic mass is 9.93. The van der Waals surface area contributed by atoms with Gasteiger partial charge in [-0.1, -0.05) is 18.2 Å². The van der Waals surface area contributed by atoms with Crippen LogP contribution in [0, 0.1) is 11.7 Å². The van der Waals surface area contributed by atoms with E-state index in [-0.39, 0.29) is 17.8 Å². The zero-order valence-electron chi connectivity index (χ0n) is 13.5. The van der Waals surface area contributed by atoms with Crippen molar-refractivity contribution in [3.63, 3.8) is 0 Å². The first-order valence-electron chi connectivity index (χ1n) is 8.58. The number of hydrogen-bond acceptors (Lipinski definition) is 3. The van der Waals surface area contributed by atoms with Crippen molar-refractivity contribution in [1.82, 2.24) is 10.2 Å². The van der Waals surface area contributed by atoms with E-state index in [1.807, 2.05) is 4.90 Å². The molecule has 2 aliphatic heterocycles. The Morgan fingerprint density at radius 3 is 2.87 bits per heavy atom. The lowest BCUT2D eigenvalue weighted by Gasteiger charge is -2.34. The Hall–Kier alpha value is -1.46. The van der Waals surface area contributed by atoms with E-state index in [1.54, 1.807) is 18.2 Å². The monoisotopic (exact) mass is 320 g/mol. The molecule has 0 aromatic heterocycles. The van der Waals surface area contributed by atoms with Crippen molar-refractivity contribution in [3.8, 4) is 0 Å². The molecule has 3 rings (SSSR count). The standard InChI is InChI=1S/C18H25FN2O2/c19-16-4-2-1-3-15(16)17-13-21(11-12-23-17)18(22)6-5-14-7-9-20-10-8-14/h1-4,14,17,20H,5-13H2. The summed E-state index contributed by atoms with van der Waals surface area (Å²) in [6.45, 7) is 3.65. The Morgan fingerprint density at radius 2 is 2.09 bits per heavy atom. The number of ether oxygens (including phenoxy) is 1. The highest BCUT2D eigenvalue weighted by Gasteiger charge is 2.27. The van der Waals surface area contributed by atoms with Crippen molar-refractivity contribution in [1.29, 1.82) is 0 Å². The third-order valence-electron chi connectivity index (χ3n) is 4.90. The third kappa shape index (κ3) is 4.30. The van der Waals surface area contributed by atoms with Gasteiger partial charge in [0.2, 0.25) is 5.91 Å². The molecule has 1 aromatic rings. The lowest BCUT2D eigenvalue weighted by molar-refractivity contribution is -0.139. The van der Waals surface area contributed by atoms with Crippen LogP contribution < -0.4 is 5.32 Å². The minimum Gasteiger partial charge on any atom is -0.370 e. The Bertz CT molecular complexity index is 532. The molecular formula is C18H25FN2O2.